The lowest BCUT2D eigenvalue weighted by Gasteiger charge is -2.02. The van der Waals surface area contributed by atoms with Crippen LogP contribution in [0.3, 0.4) is 0 Å². The molecule has 0 atom stereocenters. The Morgan fingerprint density at radius 1 is 1.37 bits per heavy atom. The van der Waals surface area contributed by atoms with E-state index < -0.39 is 10.8 Å². The van der Waals surface area contributed by atoms with E-state index in [-0.39, 0.29) is 23.9 Å². The summed E-state index contributed by atoms with van der Waals surface area (Å²) in [5.74, 6) is -0.530. The van der Waals surface area contributed by atoms with Crippen LogP contribution in [0.4, 0.5) is 11.4 Å². The standard InChI is InChI=1S/C17H13BrN4O5/c1-9-5-11(22(25)26)7-13-15(9)19-17(24)16(13)21-20-14(23)8-27-12-4-2-3-10(18)6-12/h2-7,19,24H,8H2,1H3. The summed E-state index contributed by atoms with van der Waals surface area (Å²) in [5.41, 5.74) is 0.831. The molecule has 0 saturated heterocycles. The van der Waals surface area contributed by atoms with E-state index in [0.717, 1.165) is 4.47 Å². The molecule has 0 aliphatic rings. The number of non-ortho nitro benzene ring substituents is 1. The number of amides is 1. The number of hydrogen-bond acceptors (Lipinski definition) is 6. The van der Waals surface area contributed by atoms with Gasteiger partial charge in [0, 0.05) is 22.0 Å². The van der Waals surface area contributed by atoms with Gasteiger partial charge in [-0.15, -0.1) is 10.2 Å². The van der Waals surface area contributed by atoms with Crippen LogP contribution < -0.4 is 4.74 Å². The zero-order chi connectivity index (χ0) is 19.6. The fraction of sp³-hybridized carbons (Fsp3) is 0.118. The molecule has 0 unspecified atom stereocenters. The Kier molecular flexibility index (Phi) is 5.17. The van der Waals surface area contributed by atoms with E-state index in [9.17, 15) is 20.0 Å². The Bertz CT molecular complexity index is 1080. The number of rotatable bonds is 5. The van der Waals surface area contributed by atoms with E-state index in [2.05, 4.69) is 31.1 Å². The second kappa shape index (κ2) is 7.54. The maximum absolute atomic E-state index is 11.9. The first-order chi connectivity index (χ1) is 12.8. The number of hydrogen-bond donors (Lipinski definition) is 2. The van der Waals surface area contributed by atoms with E-state index in [1.54, 1.807) is 25.1 Å². The highest BCUT2D eigenvalue weighted by molar-refractivity contribution is 9.10. The Labute approximate surface area is 161 Å². The molecule has 0 aliphatic heterocycles. The Hall–Kier alpha value is -3.27. The van der Waals surface area contributed by atoms with Gasteiger partial charge in [-0.1, -0.05) is 22.0 Å². The molecule has 1 amide bonds. The zero-order valence-corrected chi connectivity index (χ0v) is 15.6. The highest BCUT2D eigenvalue weighted by atomic mass is 79.9. The summed E-state index contributed by atoms with van der Waals surface area (Å²) in [7, 11) is 0. The van der Waals surface area contributed by atoms with Crippen molar-refractivity contribution in [3.8, 4) is 11.6 Å². The molecule has 0 radical (unpaired) electrons. The number of aryl methyl sites for hydroxylation is 1. The highest BCUT2D eigenvalue weighted by Crippen LogP contribution is 2.38. The van der Waals surface area contributed by atoms with Gasteiger partial charge in [0.2, 0.25) is 5.88 Å². The number of nitrogens with zero attached hydrogens (tertiary/aromatic N) is 3. The minimum Gasteiger partial charge on any atom is -0.493 e. The predicted molar refractivity (Wildman–Crippen MR) is 101 cm³/mol. The van der Waals surface area contributed by atoms with Crippen LogP contribution in [-0.2, 0) is 4.79 Å². The van der Waals surface area contributed by atoms with E-state index >= 15 is 0 Å². The van der Waals surface area contributed by atoms with E-state index in [4.69, 9.17) is 4.74 Å². The van der Waals surface area contributed by atoms with Gasteiger partial charge in [0.05, 0.1) is 10.4 Å². The number of azo groups is 1. The summed E-state index contributed by atoms with van der Waals surface area (Å²) < 4.78 is 6.11. The largest absolute Gasteiger partial charge is 0.493 e. The molecule has 1 heterocycles. The molecule has 2 N–H and O–H groups in total. The number of nitro groups is 1. The molecule has 0 saturated carbocycles. The predicted octanol–water partition coefficient (Wildman–Crippen LogP) is 4.54. The third kappa shape index (κ3) is 4.11. The second-order valence-corrected chi connectivity index (χ2v) is 6.52. The second-order valence-electron chi connectivity index (χ2n) is 5.60. The molecule has 9 nitrogen and oxygen atoms in total. The summed E-state index contributed by atoms with van der Waals surface area (Å²) in [4.78, 5) is 25.1. The zero-order valence-electron chi connectivity index (χ0n) is 14.0. The summed E-state index contributed by atoms with van der Waals surface area (Å²) in [6, 6.07) is 9.58. The SMILES string of the molecule is Cc1cc([N+](=O)[O-])cc2c(N=NC(=O)COc3cccc(Br)c3)c(O)[nH]c12. The lowest BCUT2D eigenvalue weighted by Crippen LogP contribution is -2.07. The molecule has 138 valence electrons. The first kappa shape index (κ1) is 18.5. The van der Waals surface area contributed by atoms with Crippen LogP contribution in [0.1, 0.15) is 5.56 Å². The average molecular weight is 433 g/mol. The molecule has 10 heteroatoms. The number of nitro benzene ring substituents is 1. The van der Waals surface area contributed by atoms with Gasteiger partial charge in [-0.25, -0.2) is 0 Å². The molecule has 0 aliphatic carbocycles. The molecule has 3 aromatic rings. The lowest BCUT2D eigenvalue weighted by atomic mass is 10.1. The van der Waals surface area contributed by atoms with Crippen molar-refractivity contribution in [1.82, 2.24) is 4.98 Å². The first-order valence-electron chi connectivity index (χ1n) is 7.68. The summed E-state index contributed by atoms with van der Waals surface area (Å²) in [5, 5.41) is 28.6. The minimum atomic E-state index is -0.675. The fourth-order valence-electron chi connectivity index (χ4n) is 2.47. The van der Waals surface area contributed by atoms with Crippen molar-refractivity contribution >= 4 is 44.1 Å². The van der Waals surface area contributed by atoms with Crippen molar-refractivity contribution in [2.24, 2.45) is 10.2 Å². The number of aromatic nitrogens is 1. The van der Waals surface area contributed by atoms with Crippen LogP contribution in [-0.4, -0.2) is 27.5 Å². The molecule has 27 heavy (non-hydrogen) atoms. The third-order valence-electron chi connectivity index (χ3n) is 3.67. The Balaban J connectivity index is 1.81. The van der Waals surface area contributed by atoms with Crippen LogP contribution in [0.15, 0.2) is 51.1 Å². The molecular weight excluding hydrogens is 420 g/mol. The van der Waals surface area contributed by atoms with Crippen LogP contribution >= 0.6 is 15.9 Å². The Morgan fingerprint density at radius 3 is 2.85 bits per heavy atom. The van der Waals surface area contributed by atoms with Gasteiger partial charge in [0.25, 0.3) is 5.69 Å². The molecular formula is C17H13BrN4O5. The molecule has 0 fully saturated rings. The summed E-state index contributed by atoms with van der Waals surface area (Å²) >= 11 is 3.29. The third-order valence-corrected chi connectivity index (χ3v) is 4.17. The van der Waals surface area contributed by atoms with Crippen molar-refractivity contribution in [3.63, 3.8) is 0 Å². The summed E-state index contributed by atoms with van der Waals surface area (Å²) in [6.07, 6.45) is 0. The number of nitrogens with one attached hydrogen (secondary N) is 1. The van der Waals surface area contributed by atoms with E-state index in [1.807, 2.05) is 6.07 Å². The number of H-pyrrole nitrogens is 1. The fourth-order valence-corrected chi connectivity index (χ4v) is 2.85. The first-order valence-corrected chi connectivity index (χ1v) is 8.47. The monoisotopic (exact) mass is 432 g/mol. The van der Waals surface area contributed by atoms with Crippen molar-refractivity contribution in [2.45, 2.75) is 6.92 Å². The van der Waals surface area contributed by atoms with Gasteiger partial charge in [0.1, 0.15) is 5.75 Å². The number of carbonyl (C=O) groups excluding carboxylic acids is 1. The lowest BCUT2D eigenvalue weighted by molar-refractivity contribution is -0.384. The van der Waals surface area contributed by atoms with Crippen molar-refractivity contribution < 1.29 is 19.6 Å². The van der Waals surface area contributed by atoms with Gasteiger partial charge in [0.15, 0.2) is 12.3 Å². The number of carbonyl (C=O) groups is 1. The maximum Gasteiger partial charge on any atom is 0.302 e. The topological polar surface area (TPSA) is 130 Å². The van der Waals surface area contributed by atoms with Gasteiger partial charge in [-0.2, -0.15) is 0 Å². The number of fused-ring (bicyclic) bond motifs is 1. The number of ether oxygens (including phenoxy) is 1. The van der Waals surface area contributed by atoms with Crippen LogP contribution in [0.25, 0.3) is 10.9 Å². The molecule has 1 aromatic heterocycles. The van der Waals surface area contributed by atoms with E-state index in [0.29, 0.717) is 22.2 Å². The van der Waals surface area contributed by atoms with Gasteiger partial charge in [-0.05, 0) is 30.7 Å². The molecule has 0 bridgehead atoms. The molecule has 3 rings (SSSR count). The van der Waals surface area contributed by atoms with Gasteiger partial charge in [-0.3, -0.25) is 14.9 Å². The quantitative estimate of drug-likeness (QED) is 0.347. The number of aromatic hydroxyl groups is 1. The minimum absolute atomic E-state index is 0.0485. The van der Waals surface area contributed by atoms with Crippen LogP contribution in [0, 0.1) is 17.0 Å². The molecule has 2 aromatic carbocycles. The number of benzene rings is 2. The van der Waals surface area contributed by atoms with Crippen molar-refractivity contribution in [2.75, 3.05) is 6.61 Å². The van der Waals surface area contributed by atoms with Gasteiger partial charge >= 0.3 is 5.91 Å². The maximum atomic E-state index is 11.9. The van der Waals surface area contributed by atoms with Crippen molar-refractivity contribution in [1.29, 1.82) is 0 Å². The molecule has 0 spiro atoms. The highest BCUT2D eigenvalue weighted by Gasteiger charge is 2.17. The van der Waals surface area contributed by atoms with Crippen LogP contribution in [0.5, 0.6) is 11.6 Å². The average Bonchev–Trinajstić information content (AvgIpc) is 2.94. The van der Waals surface area contributed by atoms with Crippen molar-refractivity contribution in [3.05, 3.63) is 56.5 Å². The van der Waals surface area contributed by atoms with E-state index in [1.165, 1.54) is 12.1 Å². The Morgan fingerprint density at radius 2 is 2.15 bits per heavy atom. The number of halogens is 1. The number of aromatic amines is 1. The van der Waals surface area contributed by atoms with Crippen LogP contribution in [0.2, 0.25) is 0 Å². The smallest absolute Gasteiger partial charge is 0.302 e. The summed E-state index contributed by atoms with van der Waals surface area (Å²) in [6.45, 7) is 1.31. The normalized spacial score (nSPS) is 11.2. The van der Waals surface area contributed by atoms with Gasteiger partial charge < -0.3 is 14.8 Å².